The molecule has 120 valence electrons. The number of hydrogen-bond acceptors (Lipinski definition) is 4. The van der Waals surface area contributed by atoms with Crippen LogP contribution >= 0.6 is 0 Å². The molecular formula is C18H20N2O3. The number of amides is 1. The molecule has 0 bridgehead atoms. The molecule has 23 heavy (non-hydrogen) atoms. The zero-order valence-electron chi connectivity index (χ0n) is 13.5. The molecule has 5 nitrogen and oxygen atoms in total. The van der Waals surface area contributed by atoms with Crippen LogP contribution in [0.3, 0.4) is 0 Å². The monoisotopic (exact) mass is 312 g/mol. The normalized spacial score (nSPS) is 11.0. The molecule has 0 fully saturated rings. The Morgan fingerprint density at radius 1 is 1.13 bits per heavy atom. The minimum atomic E-state index is -0.296. The van der Waals surface area contributed by atoms with Crippen molar-refractivity contribution in [3.05, 3.63) is 65.2 Å². The molecule has 0 heterocycles. The number of carbonyl (C=O) groups excluding carboxylic acids is 1. The molecular weight excluding hydrogens is 292 g/mol. The second-order valence-electron chi connectivity index (χ2n) is 4.95. The van der Waals surface area contributed by atoms with Gasteiger partial charge in [-0.3, -0.25) is 4.79 Å². The molecule has 0 aliphatic carbocycles. The molecule has 5 heteroatoms. The molecule has 0 aliphatic heterocycles. The van der Waals surface area contributed by atoms with Crippen LogP contribution in [0.25, 0.3) is 0 Å². The van der Waals surface area contributed by atoms with Crippen molar-refractivity contribution < 1.29 is 14.4 Å². The summed E-state index contributed by atoms with van der Waals surface area (Å²) in [6.07, 6.45) is 0. The van der Waals surface area contributed by atoms with E-state index in [4.69, 9.17) is 9.57 Å². The lowest BCUT2D eigenvalue weighted by Crippen LogP contribution is -2.28. The smallest absolute Gasteiger partial charge is 0.273 e. The number of likely N-dealkylation sites (N-methyl/N-ethyl adjacent to an activating group) is 1. The Hall–Kier alpha value is -2.82. The van der Waals surface area contributed by atoms with Gasteiger partial charge in [0, 0.05) is 12.6 Å². The highest BCUT2D eigenvalue weighted by molar-refractivity contribution is 6.45. The largest absolute Gasteiger partial charge is 0.489 e. The van der Waals surface area contributed by atoms with Crippen molar-refractivity contribution in [3.8, 4) is 5.75 Å². The Labute approximate surface area is 135 Å². The maximum atomic E-state index is 11.8. The van der Waals surface area contributed by atoms with E-state index in [0.717, 1.165) is 16.9 Å². The van der Waals surface area contributed by atoms with Crippen LogP contribution in [0.15, 0.2) is 53.7 Å². The van der Waals surface area contributed by atoms with Crippen LogP contribution in [0.2, 0.25) is 0 Å². The zero-order chi connectivity index (χ0) is 16.7. The first-order chi connectivity index (χ1) is 11.2. The number of rotatable bonds is 6. The van der Waals surface area contributed by atoms with Gasteiger partial charge in [-0.05, 0) is 24.1 Å². The summed E-state index contributed by atoms with van der Waals surface area (Å²) in [7, 11) is 2.96. The van der Waals surface area contributed by atoms with Gasteiger partial charge in [0.2, 0.25) is 0 Å². The van der Waals surface area contributed by atoms with E-state index in [1.54, 1.807) is 7.05 Å². The van der Waals surface area contributed by atoms with Crippen LogP contribution < -0.4 is 10.1 Å². The fourth-order valence-electron chi connectivity index (χ4n) is 2.07. The van der Waals surface area contributed by atoms with E-state index in [-0.39, 0.29) is 11.6 Å². The Balaban J connectivity index is 2.08. The first-order valence-electron chi connectivity index (χ1n) is 7.26. The fourth-order valence-corrected chi connectivity index (χ4v) is 2.07. The van der Waals surface area contributed by atoms with E-state index in [1.807, 2.05) is 55.5 Å². The van der Waals surface area contributed by atoms with Crippen LogP contribution in [-0.4, -0.2) is 25.8 Å². The third-order valence-corrected chi connectivity index (χ3v) is 3.34. The van der Waals surface area contributed by atoms with Gasteiger partial charge in [0.25, 0.3) is 5.91 Å². The Kier molecular flexibility index (Phi) is 5.74. The number of hydrogen-bond donors (Lipinski definition) is 1. The second kappa shape index (κ2) is 7.98. The molecule has 0 aromatic heterocycles. The Bertz CT molecular complexity index is 694. The van der Waals surface area contributed by atoms with Gasteiger partial charge in [-0.15, -0.1) is 0 Å². The third-order valence-electron chi connectivity index (χ3n) is 3.34. The van der Waals surface area contributed by atoms with Gasteiger partial charge in [0.05, 0.1) is 0 Å². The average molecular weight is 312 g/mol. The quantitative estimate of drug-likeness (QED) is 0.659. The van der Waals surface area contributed by atoms with Crippen LogP contribution in [0, 0.1) is 6.92 Å². The molecule has 0 spiro atoms. The summed E-state index contributed by atoms with van der Waals surface area (Å²) in [6, 6.07) is 15.3. The van der Waals surface area contributed by atoms with Gasteiger partial charge in [-0.1, -0.05) is 47.6 Å². The van der Waals surface area contributed by atoms with Gasteiger partial charge in [0.15, 0.2) is 5.71 Å². The molecule has 2 aromatic carbocycles. The van der Waals surface area contributed by atoms with Crippen molar-refractivity contribution in [1.82, 2.24) is 5.32 Å². The standard InChI is InChI=1S/C18H20N2O3/c1-13-6-4-5-7-16(13)23-12-14-8-10-15(11-9-14)17(20-22-3)18(21)19-2/h4-11H,12H2,1-3H3,(H,19,21)/b20-17+. The number of aryl methyl sites for hydroxylation is 1. The van der Waals surface area contributed by atoms with Gasteiger partial charge in [0.1, 0.15) is 19.5 Å². The second-order valence-corrected chi connectivity index (χ2v) is 4.95. The number of carbonyl (C=O) groups is 1. The van der Waals surface area contributed by atoms with Gasteiger partial charge >= 0.3 is 0 Å². The van der Waals surface area contributed by atoms with Crippen molar-refractivity contribution in [3.63, 3.8) is 0 Å². The van der Waals surface area contributed by atoms with Crippen molar-refractivity contribution in [2.75, 3.05) is 14.2 Å². The van der Waals surface area contributed by atoms with Crippen molar-refractivity contribution in [2.24, 2.45) is 5.16 Å². The summed E-state index contributed by atoms with van der Waals surface area (Å²) in [6.45, 7) is 2.47. The lowest BCUT2D eigenvalue weighted by atomic mass is 10.1. The predicted octanol–water partition coefficient (Wildman–Crippen LogP) is 2.67. The highest BCUT2D eigenvalue weighted by Gasteiger charge is 2.13. The van der Waals surface area contributed by atoms with Crippen molar-refractivity contribution >= 4 is 11.6 Å². The first-order valence-corrected chi connectivity index (χ1v) is 7.26. The first kappa shape index (κ1) is 16.5. The number of nitrogens with zero attached hydrogens (tertiary/aromatic N) is 1. The SMILES string of the molecule is CNC(=O)/C(=N/OC)c1ccc(COc2ccccc2C)cc1. The van der Waals surface area contributed by atoms with Crippen molar-refractivity contribution in [1.29, 1.82) is 0 Å². The topological polar surface area (TPSA) is 59.9 Å². The zero-order valence-corrected chi connectivity index (χ0v) is 13.5. The summed E-state index contributed by atoms with van der Waals surface area (Å²) in [5, 5.41) is 6.31. The van der Waals surface area contributed by atoms with E-state index in [2.05, 4.69) is 10.5 Å². The maximum absolute atomic E-state index is 11.8. The van der Waals surface area contributed by atoms with Crippen LogP contribution in [0.1, 0.15) is 16.7 Å². The molecule has 0 aliphatic rings. The minimum Gasteiger partial charge on any atom is -0.489 e. The van der Waals surface area contributed by atoms with E-state index >= 15 is 0 Å². The van der Waals surface area contributed by atoms with E-state index < -0.39 is 0 Å². The summed E-state index contributed by atoms with van der Waals surface area (Å²) in [4.78, 5) is 16.5. The van der Waals surface area contributed by atoms with E-state index in [9.17, 15) is 4.79 Å². The van der Waals surface area contributed by atoms with Gasteiger partial charge in [-0.25, -0.2) is 0 Å². The molecule has 2 aromatic rings. The number of nitrogens with one attached hydrogen (secondary N) is 1. The minimum absolute atomic E-state index is 0.237. The summed E-state index contributed by atoms with van der Waals surface area (Å²) in [5.41, 5.74) is 3.02. The van der Waals surface area contributed by atoms with Crippen LogP contribution in [-0.2, 0) is 16.2 Å². The molecule has 0 radical (unpaired) electrons. The fraction of sp³-hybridized carbons (Fsp3) is 0.222. The molecule has 0 saturated carbocycles. The predicted molar refractivity (Wildman–Crippen MR) is 89.6 cm³/mol. The molecule has 0 saturated heterocycles. The molecule has 1 N–H and O–H groups in total. The molecule has 0 atom stereocenters. The molecule has 1 amide bonds. The Morgan fingerprint density at radius 2 is 1.83 bits per heavy atom. The number of ether oxygens (including phenoxy) is 1. The van der Waals surface area contributed by atoms with Crippen molar-refractivity contribution in [2.45, 2.75) is 13.5 Å². The number of para-hydroxylation sites is 1. The molecule has 0 unspecified atom stereocenters. The van der Waals surface area contributed by atoms with Gasteiger partial charge < -0.3 is 14.9 Å². The highest BCUT2D eigenvalue weighted by Crippen LogP contribution is 2.18. The summed E-state index contributed by atoms with van der Waals surface area (Å²) < 4.78 is 5.81. The highest BCUT2D eigenvalue weighted by atomic mass is 16.6. The lowest BCUT2D eigenvalue weighted by molar-refractivity contribution is -0.114. The van der Waals surface area contributed by atoms with E-state index in [0.29, 0.717) is 12.2 Å². The van der Waals surface area contributed by atoms with Crippen LogP contribution in [0.4, 0.5) is 0 Å². The summed E-state index contributed by atoms with van der Waals surface area (Å²) >= 11 is 0. The summed E-state index contributed by atoms with van der Waals surface area (Å²) in [5.74, 6) is 0.569. The molecule has 2 rings (SSSR count). The number of benzene rings is 2. The average Bonchev–Trinajstić information content (AvgIpc) is 2.59. The Morgan fingerprint density at radius 3 is 2.43 bits per heavy atom. The van der Waals surface area contributed by atoms with Gasteiger partial charge in [-0.2, -0.15) is 0 Å². The number of oxime groups is 1. The van der Waals surface area contributed by atoms with E-state index in [1.165, 1.54) is 7.11 Å². The maximum Gasteiger partial charge on any atom is 0.273 e. The third kappa shape index (κ3) is 4.32. The lowest BCUT2D eigenvalue weighted by Gasteiger charge is -2.10. The van der Waals surface area contributed by atoms with Crippen LogP contribution in [0.5, 0.6) is 5.75 Å².